The van der Waals surface area contributed by atoms with Crippen LogP contribution in [0, 0.1) is 0 Å². The van der Waals surface area contributed by atoms with Gasteiger partial charge in [-0.15, -0.1) is 0 Å². The molecule has 90 valence electrons. The van der Waals surface area contributed by atoms with Crippen LogP contribution in [-0.4, -0.2) is 21.4 Å². The topological polar surface area (TPSA) is 78.1 Å². The van der Waals surface area contributed by atoms with Crippen LogP contribution >= 0.6 is 0 Å². The van der Waals surface area contributed by atoms with Crippen LogP contribution in [0.2, 0.25) is 0 Å². The van der Waals surface area contributed by atoms with E-state index in [9.17, 15) is 9.90 Å². The summed E-state index contributed by atoms with van der Waals surface area (Å²) in [6.07, 6.45) is 0.102. The molecule has 0 bridgehead atoms. The number of aromatic amines is 2. The highest BCUT2D eigenvalue weighted by Gasteiger charge is 2.11. The normalized spacial score (nSPS) is 10.8. The smallest absolute Gasteiger partial charge is 0.275 e. The average Bonchev–Trinajstić information content (AvgIpc) is 2.59. The van der Waals surface area contributed by atoms with E-state index in [-0.39, 0.29) is 23.1 Å². The third kappa shape index (κ3) is 2.33. The SMILES string of the molecule is CC(C)Oc1ccc(-c2c(O)[nH][nH]c2=O)cc1. The quantitative estimate of drug-likeness (QED) is 0.758. The summed E-state index contributed by atoms with van der Waals surface area (Å²) in [7, 11) is 0. The zero-order valence-electron chi connectivity index (χ0n) is 9.65. The van der Waals surface area contributed by atoms with Crippen LogP contribution in [0.15, 0.2) is 29.1 Å². The summed E-state index contributed by atoms with van der Waals surface area (Å²) in [4.78, 5) is 11.4. The molecule has 2 rings (SSSR count). The Bertz CT molecular complexity index is 552. The van der Waals surface area contributed by atoms with E-state index in [1.807, 2.05) is 13.8 Å². The van der Waals surface area contributed by atoms with E-state index in [2.05, 4.69) is 10.2 Å². The standard InChI is InChI=1S/C12H14N2O3/c1-7(2)17-9-5-3-8(4-6-9)10-11(15)13-14-12(10)16/h3-7H,1-2H3,(H3,13,14,15,16). The molecule has 0 saturated heterocycles. The molecule has 3 N–H and O–H groups in total. The summed E-state index contributed by atoms with van der Waals surface area (Å²) in [6.45, 7) is 3.88. The maximum Gasteiger partial charge on any atom is 0.275 e. The monoisotopic (exact) mass is 234 g/mol. The summed E-state index contributed by atoms with van der Waals surface area (Å²) in [5, 5.41) is 14.2. The maximum absolute atomic E-state index is 11.4. The lowest BCUT2D eigenvalue weighted by atomic mass is 10.1. The van der Waals surface area contributed by atoms with E-state index < -0.39 is 0 Å². The Labute approximate surface area is 98.0 Å². The fourth-order valence-corrected chi connectivity index (χ4v) is 1.59. The minimum Gasteiger partial charge on any atom is -0.493 e. The van der Waals surface area contributed by atoms with Gasteiger partial charge in [0.1, 0.15) is 11.3 Å². The lowest BCUT2D eigenvalue weighted by Crippen LogP contribution is -2.05. The molecule has 0 aliphatic rings. The average molecular weight is 234 g/mol. The number of hydrogen-bond donors (Lipinski definition) is 3. The van der Waals surface area contributed by atoms with Gasteiger partial charge >= 0.3 is 0 Å². The minimum absolute atomic E-state index is 0.102. The summed E-state index contributed by atoms with van der Waals surface area (Å²) in [6, 6.07) is 6.99. The van der Waals surface area contributed by atoms with Crippen molar-refractivity contribution in [3.8, 4) is 22.8 Å². The number of aromatic nitrogens is 2. The number of hydrogen-bond acceptors (Lipinski definition) is 3. The Morgan fingerprint density at radius 2 is 1.82 bits per heavy atom. The van der Waals surface area contributed by atoms with E-state index in [1.165, 1.54) is 0 Å². The fraction of sp³-hybridized carbons (Fsp3) is 0.250. The Balaban J connectivity index is 2.33. The van der Waals surface area contributed by atoms with Gasteiger partial charge in [-0.3, -0.25) is 15.0 Å². The summed E-state index contributed by atoms with van der Waals surface area (Å²) >= 11 is 0. The van der Waals surface area contributed by atoms with Crippen molar-refractivity contribution in [2.45, 2.75) is 20.0 Å². The molecule has 0 saturated carbocycles. The molecule has 5 heteroatoms. The largest absolute Gasteiger partial charge is 0.493 e. The van der Waals surface area contributed by atoms with Crippen LogP contribution in [0.4, 0.5) is 0 Å². The van der Waals surface area contributed by atoms with E-state index >= 15 is 0 Å². The second kappa shape index (κ2) is 4.37. The van der Waals surface area contributed by atoms with Gasteiger partial charge in [0.05, 0.1) is 6.10 Å². The molecular weight excluding hydrogens is 220 g/mol. The molecule has 0 amide bonds. The molecule has 5 nitrogen and oxygen atoms in total. The van der Waals surface area contributed by atoms with Crippen molar-refractivity contribution >= 4 is 0 Å². The van der Waals surface area contributed by atoms with Gasteiger partial charge in [0, 0.05) is 0 Å². The van der Waals surface area contributed by atoms with Crippen molar-refractivity contribution in [1.29, 1.82) is 0 Å². The molecule has 1 aromatic carbocycles. The first-order valence-corrected chi connectivity index (χ1v) is 5.34. The first-order chi connectivity index (χ1) is 8.08. The minimum atomic E-state index is -0.347. The van der Waals surface area contributed by atoms with Gasteiger partial charge in [0.15, 0.2) is 0 Å². The molecule has 2 aromatic rings. The van der Waals surface area contributed by atoms with Gasteiger partial charge in [-0.1, -0.05) is 12.1 Å². The molecule has 0 unspecified atom stereocenters. The van der Waals surface area contributed by atoms with Crippen LogP contribution < -0.4 is 10.3 Å². The van der Waals surface area contributed by atoms with Crippen LogP contribution in [0.1, 0.15) is 13.8 Å². The van der Waals surface area contributed by atoms with Gasteiger partial charge in [-0.25, -0.2) is 0 Å². The molecule has 1 heterocycles. The molecule has 0 radical (unpaired) electrons. The maximum atomic E-state index is 11.4. The van der Waals surface area contributed by atoms with Gasteiger partial charge in [0.25, 0.3) is 5.56 Å². The van der Waals surface area contributed by atoms with E-state index in [4.69, 9.17) is 4.74 Å². The van der Waals surface area contributed by atoms with Crippen molar-refractivity contribution in [3.05, 3.63) is 34.6 Å². The zero-order chi connectivity index (χ0) is 12.4. The second-order valence-electron chi connectivity index (χ2n) is 3.99. The van der Waals surface area contributed by atoms with Crippen molar-refractivity contribution in [3.63, 3.8) is 0 Å². The van der Waals surface area contributed by atoms with Gasteiger partial charge in [-0.05, 0) is 31.5 Å². The third-order valence-corrected chi connectivity index (χ3v) is 2.27. The van der Waals surface area contributed by atoms with E-state index in [1.54, 1.807) is 24.3 Å². The summed E-state index contributed by atoms with van der Waals surface area (Å²) in [5.41, 5.74) is 0.530. The lowest BCUT2D eigenvalue weighted by molar-refractivity contribution is 0.242. The number of nitrogens with one attached hydrogen (secondary N) is 2. The first-order valence-electron chi connectivity index (χ1n) is 5.34. The van der Waals surface area contributed by atoms with Crippen molar-refractivity contribution in [2.75, 3.05) is 0 Å². The second-order valence-corrected chi connectivity index (χ2v) is 3.99. The fourth-order valence-electron chi connectivity index (χ4n) is 1.59. The van der Waals surface area contributed by atoms with Crippen molar-refractivity contribution in [2.24, 2.45) is 0 Å². The highest BCUT2D eigenvalue weighted by molar-refractivity contribution is 5.67. The molecular formula is C12H14N2O3. The molecule has 0 aliphatic heterocycles. The lowest BCUT2D eigenvalue weighted by Gasteiger charge is -2.09. The van der Waals surface area contributed by atoms with Gasteiger partial charge < -0.3 is 9.84 Å². The number of rotatable bonds is 3. The number of benzene rings is 1. The van der Waals surface area contributed by atoms with Crippen molar-refractivity contribution in [1.82, 2.24) is 10.2 Å². The predicted octanol–water partition coefficient (Wildman–Crippen LogP) is 1.86. The van der Waals surface area contributed by atoms with E-state index in [0.717, 1.165) is 5.75 Å². The van der Waals surface area contributed by atoms with Crippen LogP contribution in [0.5, 0.6) is 11.6 Å². The highest BCUT2D eigenvalue weighted by Crippen LogP contribution is 2.25. The van der Waals surface area contributed by atoms with Crippen LogP contribution in [0.25, 0.3) is 11.1 Å². The molecule has 0 fully saturated rings. The Morgan fingerprint density at radius 3 is 2.29 bits per heavy atom. The molecule has 17 heavy (non-hydrogen) atoms. The van der Waals surface area contributed by atoms with Crippen LogP contribution in [-0.2, 0) is 0 Å². The van der Waals surface area contributed by atoms with Gasteiger partial charge in [-0.2, -0.15) is 0 Å². The Kier molecular flexibility index (Phi) is 2.91. The molecule has 0 atom stereocenters. The number of aromatic hydroxyl groups is 1. The first kappa shape index (κ1) is 11.3. The summed E-state index contributed by atoms with van der Waals surface area (Å²) in [5.74, 6) is 0.572. The van der Waals surface area contributed by atoms with Crippen molar-refractivity contribution < 1.29 is 9.84 Å². The highest BCUT2D eigenvalue weighted by atomic mass is 16.5. The Hall–Kier alpha value is -2.17. The number of ether oxygens (including phenoxy) is 1. The van der Waals surface area contributed by atoms with Crippen LogP contribution in [0.3, 0.4) is 0 Å². The summed E-state index contributed by atoms with van der Waals surface area (Å²) < 4.78 is 5.49. The van der Waals surface area contributed by atoms with E-state index in [0.29, 0.717) is 5.56 Å². The molecule has 0 aliphatic carbocycles. The number of H-pyrrole nitrogens is 2. The Morgan fingerprint density at radius 1 is 1.18 bits per heavy atom. The zero-order valence-corrected chi connectivity index (χ0v) is 9.65. The molecule has 0 spiro atoms. The predicted molar refractivity (Wildman–Crippen MR) is 64.3 cm³/mol. The van der Waals surface area contributed by atoms with Gasteiger partial charge in [0.2, 0.25) is 5.88 Å². The molecule has 1 aromatic heterocycles. The third-order valence-electron chi connectivity index (χ3n) is 2.27.